The molecule has 0 spiro atoms. The summed E-state index contributed by atoms with van der Waals surface area (Å²) < 4.78 is 4.58. The average Bonchev–Trinajstić information content (AvgIpc) is 2.71. The maximum Gasteiger partial charge on any atom is 0.333 e. The van der Waals surface area contributed by atoms with Crippen LogP contribution < -0.4 is 5.73 Å². The molecule has 0 aromatic rings. The summed E-state index contributed by atoms with van der Waals surface area (Å²) in [5.41, 5.74) is 5.47. The molecule has 5 N–H and O–H groups in total. The summed E-state index contributed by atoms with van der Waals surface area (Å²) in [6, 6.07) is 1.79. The standard InChI is InChI=1S/C9H11NO3.C9H12O4.C4H7NO/c1-8(4-2-3-5-10)9(12)13-7-6-11;1-5(7(3)9(12)13)4-6(2)8(10)11;1-3(2)4(5)6/h2-3,11H,1,4,6-7H2;4-5H,3H2,1-2H3,(H,10,11)(H,12,13);1H2,2H3,(H2,5,6). The topological polar surface area (TPSA) is 188 Å². The van der Waals surface area contributed by atoms with Gasteiger partial charge in [0.05, 0.1) is 12.7 Å². The third kappa shape index (κ3) is 19.4. The molecule has 1 amide bonds. The molecule has 0 fully saturated rings. The summed E-state index contributed by atoms with van der Waals surface area (Å²) in [6.45, 7) is 14.4. The molecule has 176 valence electrons. The lowest BCUT2D eigenvalue weighted by Gasteiger charge is -2.05. The van der Waals surface area contributed by atoms with Crippen LogP contribution in [0.5, 0.6) is 0 Å². The van der Waals surface area contributed by atoms with E-state index in [0.29, 0.717) is 5.57 Å². The first kappa shape index (κ1) is 32.7. The molecule has 0 rings (SSSR count). The fraction of sp³-hybridized carbons (Fsp3) is 0.318. The SMILES string of the molecule is C=C(C(=O)O)C(C)C=C(C)C(=O)O.C=C(C)C(N)=O.C=C(CC=CC#N)C(=O)OCCO. The molecule has 0 saturated carbocycles. The van der Waals surface area contributed by atoms with Gasteiger partial charge in [-0.05, 0) is 20.3 Å². The second-order valence-corrected chi connectivity index (χ2v) is 6.12. The van der Waals surface area contributed by atoms with Crippen molar-refractivity contribution in [2.75, 3.05) is 13.2 Å². The van der Waals surface area contributed by atoms with E-state index in [1.807, 2.05) is 0 Å². The Hall–Kier alpha value is -3.97. The van der Waals surface area contributed by atoms with Gasteiger partial charge in [0.1, 0.15) is 6.61 Å². The number of hydrogen-bond acceptors (Lipinski definition) is 7. The molecule has 10 nitrogen and oxygen atoms in total. The van der Waals surface area contributed by atoms with Crippen LogP contribution in [0.4, 0.5) is 0 Å². The van der Waals surface area contributed by atoms with E-state index in [2.05, 4.69) is 24.5 Å². The van der Waals surface area contributed by atoms with Gasteiger partial charge in [0.2, 0.25) is 5.91 Å². The first-order chi connectivity index (χ1) is 14.7. The minimum absolute atomic E-state index is 0.0133. The van der Waals surface area contributed by atoms with Crippen molar-refractivity contribution in [2.24, 2.45) is 11.7 Å². The van der Waals surface area contributed by atoms with E-state index >= 15 is 0 Å². The highest BCUT2D eigenvalue weighted by atomic mass is 16.5. The van der Waals surface area contributed by atoms with Gasteiger partial charge in [0.25, 0.3) is 0 Å². The highest BCUT2D eigenvalue weighted by Gasteiger charge is 2.12. The second-order valence-electron chi connectivity index (χ2n) is 6.12. The van der Waals surface area contributed by atoms with Crippen LogP contribution >= 0.6 is 0 Å². The number of esters is 1. The van der Waals surface area contributed by atoms with Crippen LogP contribution in [-0.4, -0.2) is 52.3 Å². The lowest BCUT2D eigenvalue weighted by molar-refractivity contribution is -0.140. The van der Waals surface area contributed by atoms with Crippen LogP contribution in [0.25, 0.3) is 0 Å². The Morgan fingerprint density at radius 2 is 1.62 bits per heavy atom. The quantitative estimate of drug-likeness (QED) is 0.219. The largest absolute Gasteiger partial charge is 0.478 e. The fourth-order valence-electron chi connectivity index (χ4n) is 1.32. The van der Waals surface area contributed by atoms with E-state index in [9.17, 15) is 19.2 Å². The molecule has 0 bridgehead atoms. The molecule has 0 radical (unpaired) electrons. The maximum atomic E-state index is 10.9. The van der Waals surface area contributed by atoms with Crippen molar-refractivity contribution in [3.05, 3.63) is 60.3 Å². The third-order valence-electron chi connectivity index (χ3n) is 3.25. The zero-order chi connectivity index (χ0) is 25.9. The molecular formula is C22H30N2O8. The van der Waals surface area contributed by atoms with E-state index in [0.717, 1.165) is 0 Å². The van der Waals surface area contributed by atoms with Crippen LogP contribution in [0, 0.1) is 17.2 Å². The van der Waals surface area contributed by atoms with Crippen molar-refractivity contribution in [2.45, 2.75) is 27.2 Å². The molecule has 0 aliphatic rings. The Bertz CT molecular complexity index is 804. The van der Waals surface area contributed by atoms with Gasteiger partial charge in [-0.25, -0.2) is 14.4 Å². The van der Waals surface area contributed by atoms with E-state index < -0.39 is 29.7 Å². The number of hydrogen-bond donors (Lipinski definition) is 4. The van der Waals surface area contributed by atoms with Crippen molar-refractivity contribution in [1.29, 1.82) is 5.26 Å². The minimum Gasteiger partial charge on any atom is -0.478 e. The van der Waals surface area contributed by atoms with E-state index in [1.54, 1.807) is 19.9 Å². The number of carbonyl (C=O) groups is 4. The molecular weight excluding hydrogens is 420 g/mol. The molecule has 0 aliphatic carbocycles. The number of aliphatic hydroxyl groups excluding tert-OH is 1. The van der Waals surface area contributed by atoms with Gasteiger partial charge in [0, 0.05) is 34.3 Å². The van der Waals surface area contributed by atoms with Crippen molar-refractivity contribution < 1.29 is 39.2 Å². The predicted molar refractivity (Wildman–Crippen MR) is 118 cm³/mol. The second kappa shape index (κ2) is 19.0. The van der Waals surface area contributed by atoms with Crippen LogP contribution in [0.3, 0.4) is 0 Å². The molecule has 0 aliphatic heterocycles. The summed E-state index contributed by atoms with van der Waals surface area (Å²) in [7, 11) is 0. The lowest BCUT2D eigenvalue weighted by Crippen LogP contribution is -2.10. The smallest absolute Gasteiger partial charge is 0.333 e. The number of nitrogens with zero attached hydrogens (tertiary/aromatic N) is 1. The van der Waals surface area contributed by atoms with Crippen molar-refractivity contribution in [3.8, 4) is 6.07 Å². The molecule has 0 heterocycles. The molecule has 0 saturated heterocycles. The Morgan fingerprint density at radius 3 is 1.97 bits per heavy atom. The number of primary amides is 1. The molecule has 0 aromatic heterocycles. The Morgan fingerprint density at radius 1 is 1.12 bits per heavy atom. The number of carboxylic acid groups (broad SMARTS) is 2. The minimum atomic E-state index is -1.11. The Balaban J connectivity index is -0.000000422. The van der Waals surface area contributed by atoms with Gasteiger partial charge in [-0.3, -0.25) is 4.79 Å². The highest BCUT2D eigenvalue weighted by molar-refractivity contribution is 5.90. The van der Waals surface area contributed by atoms with Crippen LogP contribution in [0.1, 0.15) is 27.2 Å². The number of aliphatic carboxylic acids is 2. The number of allylic oxidation sites excluding steroid dienone is 3. The summed E-state index contributed by atoms with van der Waals surface area (Å²) in [5, 5.41) is 33.5. The molecule has 1 unspecified atom stereocenters. The number of amides is 1. The molecule has 32 heavy (non-hydrogen) atoms. The van der Waals surface area contributed by atoms with Crippen molar-refractivity contribution >= 4 is 23.8 Å². The molecule has 1 atom stereocenters. The van der Waals surface area contributed by atoms with Gasteiger partial charge in [-0.2, -0.15) is 5.26 Å². The van der Waals surface area contributed by atoms with Crippen molar-refractivity contribution in [1.82, 2.24) is 0 Å². The van der Waals surface area contributed by atoms with Gasteiger partial charge >= 0.3 is 17.9 Å². The number of aliphatic hydroxyl groups is 1. The Labute approximate surface area is 187 Å². The molecule has 10 heteroatoms. The van der Waals surface area contributed by atoms with Crippen LogP contribution in [-0.2, 0) is 23.9 Å². The first-order valence-corrected chi connectivity index (χ1v) is 9.02. The zero-order valence-electron chi connectivity index (χ0n) is 18.5. The number of nitriles is 1. The number of nitrogens with two attached hydrogens (primary N) is 1. The van der Waals surface area contributed by atoms with Crippen LogP contribution in [0.15, 0.2) is 60.3 Å². The van der Waals surface area contributed by atoms with Gasteiger partial charge in [0.15, 0.2) is 0 Å². The number of rotatable bonds is 10. The molecule has 0 aromatic carbocycles. The monoisotopic (exact) mass is 450 g/mol. The van der Waals surface area contributed by atoms with E-state index in [1.165, 1.54) is 25.2 Å². The highest BCUT2D eigenvalue weighted by Crippen LogP contribution is 2.12. The van der Waals surface area contributed by atoms with Gasteiger partial charge in [-0.1, -0.05) is 38.8 Å². The van der Waals surface area contributed by atoms with Gasteiger partial charge in [-0.15, -0.1) is 0 Å². The normalized spacial score (nSPS) is 10.8. The first-order valence-electron chi connectivity index (χ1n) is 9.02. The number of carboxylic acids is 2. The van der Waals surface area contributed by atoms with Gasteiger partial charge < -0.3 is 25.8 Å². The zero-order valence-corrected chi connectivity index (χ0v) is 18.5. The predicted octanol–water partition coefficient (Wildman–Crippen LogP) is 1.89. The van der Waals surface area contributed by atoms with Crippen molar-refractivity contribution in [3.63, 3.8) is 0 Å². The third-order valence-corrected chi connectivity index (χ3v) is 3.25. The Kier molecular flexibility index (Phi) is 19.4. The lowest BCUT2D eigenvalue weighted by atomic mass is 10.0. The average molecular weight is 450 g/mol. The number of ether oxygens (including phenoxy) is 1. The number of carbonyl (C=O) groups excluding carboxylic acids is 2. The summed E-state index contributed by atoms with van der Waals surface area (Å²) >= 11 is 0. The van der Waals surface area contributed by atoms with E-state index in [4.69, 9.17) is 26.3 Å². The summed E-state index contributed by atoms with van der Waals surface area (Å²) in [6.07, 6.45) is 4.43. The summed E-state index contributed by atoms with van der Waals surface area (Å²) in [5.74, 6) is -3.60. The van der Waals surface area contributed by atoms with E-state index in [-0.39, 0.29) is 36.4 Å². The maximum absolute atomic E-state index is 10.9. The fourth-order valence-corrected chi connectivity index (χ4v) is 1.32. The van der Waals surface area contributed by atoms with Crippen LogP contribution in [0.2, 0.25) is 0 Å². The summed E-state index contributed by atoms with van der Waals surface area (Å²) in [4.78, 5) is 41.6.